The normalized spacial score (nSPS) is 13.2. The molecule has 2 heteroatoms. The van der Waals surface area contributed by atoms with Crippen molar-refractivity contribution < 1.29 is 0 Å². The molecule has 0 spiro atoms. The lowest BCUT2D eigenvalue weighted by atomic mass is 9.79. The minimum Gasteiger partial charge on any atom is -0.309 e. The van der Waals surface area contributed by atoms with Gasteiger partial charge in [0, 0.05) is 38.3 Å². The summed E-state index contributed by atoms with van der Waals surface area (Å²) in [5.74, 6) is 0. The molecule has 0 amide bonds. The van der Waals surface area contributed by atoms with E-state index in [2.05, 4.69) is 241 Å². The van der Waals surface area contributed by atoms with Gasteiger partial charge in [-0.25, -0.2) is 0 Å². The van der Waals surface area contributed by atoms with Crippen LogP contribution in [-0.4, -0.2) is 9.13 Å². The van der Waals surface area contributed by atoms with Gasteiger partial charge in [-0.3, -0.25) is 0 Å². The molecular weight excluding hydrogens is 785 g/mol. The zero-order valence-corrected chi connectivity index (χ0v) is 36.2. The first-order chi connectivity index (χ1) is 32.0. The fourth-order valence-electron chi connectivity index (χ4n) is 11.8. The molecule has 0 bridgehead atoms. The van der Waals surface area contributed by atoms with E-state index in [9.17, 15) is 0 Å². The molecular formula is C63H42N2. The molecule has 2 nitrogen and oxygen atoms in total. The Kier molecular flexibility index (Phi) is 7.49. The quantitative estimate of drug-likeness (QED) is 0.156. The minimum absolute atomic E-state index is 0.133. The summed E-state index contributed by atoms with van der Waals surface area (Å²) >= 11 is 0. The summed E-state index contributed by atoms with van der Waals surface area (Å²) in [6.07, 6.45) is 0. The van der Waals surface area contributed by atoms with Gasteiger partial charge in [0.15, 0.2) is 0 Å². The van der Waals surface area contributed by atoms with Gasteiger partial charge in [-0.2, -0.15) is 0 Å². The first-order valence-electron chi connectivity index (χ1n) is 22.8. The predicted octanol–water partition coefficient (Wildman–Crippen LogP) is 17.0. The Hall–Kier alpha value is -8.20. The van der Waals surface area contributed by atoms with Crippen LogP contribution in [0, 0.1) is 0 Å². The van der Waals surface area contributed by atoms with E-state index in [0.717, 1.165) is 11.4 Å². The number of aromatic nitrogens is 2. The third kappa shape index (κ3) is 5.00. The van der Waals surface area contributed by atoms with E-state index in [0.29, 0.717) is 0 Å². The third-order valence-corrected chi connectivity index (χ3v) is 14.7. The summed E-state index contributed by atoms with van der Waals surface area (Å²) in [6, 6.07) is 81.4. The fourth-order valence-corrected chi connectivity index (χ4v) is 11.8. The van der Waals surface area contributed by atoms with E-state index in [-0.39, 0.29) is 5.41 Å². The van der Waals surface area contributed by atoms with Crippen molar-refractivity contribution in [2.75, 3.05) is 0 Å². The van der Waals surface area contributed by atoms with Crippen LogP contribution in [-0.2, 0) is 5.41 Å². The Morgan fingerprint density at radius 1 is 0.277 bits per heavy atom. The minimum atomic E-state index is -0.133. The summed E-state index contributed by atoms with van der Waals surface area (Å²) in [6.45, 7) is 4.79. The van der Waals surface area contributed by atoms with Crippen molar-refractivity contribution in [1.82, 2.24) is 9.13 Å². The van der Waals surface area contributed by atoms with Gasteiger partial charge in [0.2, 0.25) is 0 Å². The second-order valence-electron chi connectivity index (χ2n) is 18.4. The molecule has 2 heterocycles. The van der Waals surface area contributed by atoms with Crippen LogP contribution in [0.1, 0.15) is 25.0 Å². The van der Waals surface area contributed by atoms with Crippen LogP contribution in [0.25, 0.3) is 121 Å². The lowest BCUT2D eigenvalue weighted by molar-refractivity contribution is 0.661. The van der Waals surface area contributed by atoms with E-state index in [1.807, 2.05) is 0 Å². The topological polar surface area (TPSA) is 9.86 Å². The van der Waals surface area contributed by atoms with Crippen molar-refractivity contribution in [3.8, 4) is 44.8 Å². The summed E-state index contributed by atoms with van der Waals surface area (Å²) in [5.41, 5.74) is 17.6. The molecule has 0 atom stereocenters. The molecule has 0 saturated heterocycles. The zero-order valence-electron chi connectivity index (χ0n) is 36.2. The van der Waals surface area contributed by atoms with Crippen molar-refractivity contribution >= 4 is 75.9 Å². The van der Waals surface area contributed by atoms with Gasteiger partial charge in [-0.1, -0.05) is 172 Å². The van der Waals surface area contributed by atoms with Crippen molar-refractivity contribution in [2.45, 2.75) is 19.3 Å². The van der Waals surface area contributed by atoms with E-state index in [4.69, 9.17) is 0 Å². The highest BCUT2D eigenvalue weighted by atomic mass is 15.0. The molecule has 0 radical (unpaired) electrons. The van der Waals surface area contributed by atoms with Crippen LogP contribution in [0.2, 0.25) is 0 Å². The summed E-state index contributed by atoms with van der Waals surface area (Å²) in [5, 5.41) is 12.6. The van der Waals surface area contributed by atoms with Crippen molar-refractivity contribution in [3.05, 3.63) is 230 Å². The highest BCUT2D eigenvalue weighted by Crippen LogP contribution is 2.55. The second-order valence-corrected chi connectivity index (χ2v) is 18.4. The van der Waals surface area contributed by atoms with Gasteiger partial charge in [0.1, 0.15) is 0 Å². The largest absolute Gasteiger partial charge is 0.309 e. The average Bonchev–Trinajstić information content (AvgIpc) is 3.94. The molecule has 1 aliphatic rings. The smallest absolute Gasteiger partial charge is 0.0548 e. The van der Waals surface area contributed by atoms with E-state index < -0.39 is 0 Å². The highest BCUT2D eigenvalue weighted by Gasteiger charge is 2.37. The van der Waals surface area contributed by atoms with Gasteiger partial charge < -0.3 is 9.13 Å². The molecule has 0 saturated carbocycles. The molecule has 304 valence electrons. The van der Waals surface area contributed by atoms with E-state index >= 15 is 0 Å². The number of rotatable bonds is 4. The van der Waals surface area contributed by atoms with Gasteiger partial charge >= 0.3 is 0 Å². The van der Waals surface area contributed by atoms with Crippen LogP contribution < -0.4 is 0 Å². The molecule has 1 aliphatic carbocycles. The number of fused-ring (bicyclic) bond motifs is 13. The highest BCUT2D eigenvalue weighted by molar-refractivity contribution is 6.26. The monoisotopic (exact) mass is 826 g/mol. The van der Waals surface area contributed by atoms with Crippen molar-refractivity contribution in [3.63, 3.8) is 0 Å². The number of benzene rings is 11. The third-order valence-electron chi connectivity index (χ3n) is 14.7. The second kappa shape index (κ2) is 13.4. The van der Waals surface area contributed by atoms with Crippen LogP contribution in [0.3, 0.4) is 0 Å². The van der Waals surface area contributed by atoms with Crippen molar-refractivity contribution in [1.29, 1.82) is 0 Å². The average molecular weight is 827 g/mol. The van der Waals surface area contributed by atoms with Gasteiger partial charge in [0.25, 0.3) is 0 Å². The Morgan fingerprint density at radius 3 is 1.34 bits per heavy atom. The molecule has 13 aromatic rings. The first-order valence-corrected chi connectivity index (χ1v) is 22.8. The molecule has 14 rings (SSSR count). The van der Waals surface area contributed by atoms with Gasteiger partial charge in [0.05, 0.1) is 22.1 Å². The van der Waals surface area contributed by atoms with Crippen LogP contribution >= 0.6 is 0 Å². The summed E-state index contributed by atoms with van der Waals surface area (Å²) in [4.78, 5) is 0. The zero-order chi connectivity index (χ0) is 43.0. The number of nitrogens with zero attached hydrogens (tertiary/aromatic N) is 2. The Bertz CT molecular complexity index is 4070. The molecule has 0 aliphatic heterocycles. The molecule has 65 heavy (non-hydrogen) atoms. The van der Waals surface area contributed by atoms with Crippen LogP contribution in [0.4, 0.5) is 0 Å². The molecule has 2 aromatic heterocycles. The molecule has 0 N–H and O–H groups in total. The fraction of sp³-hybridized carbons (Fsp3) is 0.0476. The maximum atomic E-state index is 2.53. The van der Waals surface area contributed by atoms with E-state index in [1.165, 1.54) is 120 Å². The SMILES string of the molecule is CC1(C)c2ccccc2-c2c1cc(-c1c3ccccc3c(-c3ccc4c(c3)c3cc5c(cc3n4-c3ccccc3)c3ccccc3n5-c3ccccc3)c3ccccc13)c1ccccc21. The lowest BCUT2D eigenvalue weighted by Crippen LogP contribution is -2.15. The van der Waals surface area contributed by atoms with Crippen LogP contribution in [0.5, 0.6) is 0 Å². The van der Waals surface area contributed by atoms with Gasteiger partial charge in [-0.15, -0.1) is 0 Å². The molecule has 0 fully saturated rings. The van der Waals surface area contributed by atoms with Gasteiger partial charge in [-0.05, 0) is 137 Å². The first kappa shape index (κ1) is 36.3. The number of hydrogen-bond acceptors (Lipinski definition) is 0. The number of para-hydroxylation sites is 3. The predicted molar refractivity (Wildman–Crippen MR) is 276 cm³/mol. The maximum Gasteiger partial charge on any atom is 0.0548 e. The lowest BCUT2D eigenvalue weighted by Gasteiger charge is -2.24. The Balaban J connectivity index is 1.07. The maximum absolute atomic E-state index is 2.53. The van der Waals surface area contributed by atoms with Crippen molar-refractivity contribution in [2.24, 2.45) is 0 Å². The summed E-state index contributed by atoms with van der Waals surface area (Å²) < 4.78 is 4.89. The number of hydrogen-bond donors (Lipinski definition) is 0. The van der Waals surface area contributed by atoms with E-state index in [1.54, 1.807) is 0 Å². The van der Waals surface area contributed by atoms with Crippen LogP contribution in [0.15, 0.2) is 218 Å². The Morgan fingerprint density at radius 2 is 0.723 bits per heavy atom. The summed E-state index contributed by atoms with van der Waals surface area (Å²) in [7, 11) is 0. The standard InChI is InChI=1S/C63H42N2/c1-63(2)54-31-17-15-30-49(54)62-44-25-10-9-23-42(44)53(36-55(62)63)61-47-28-13-11-26-45(47)60(46-27-12-14-29-48(46)61)39-33-34-57-50(35-39)52-38-58-51(37-59(52)65(57)41-21-7-4-8-22-41)43-24-16-18-32-56(43)64(58)40-19-5-3-6-20-40/h3-38H,1-2H3. The molecule has 0 unspecified atom stereocenters. The molecule has 11 aromatic carbocycles. The Labute approximate surface area is 376 Å².